The van der Waals surface area contributed by atoms with E-state index in [1.165, 1.54) is 12.1 Å². The molecular weight excluding hydrogens is 553 g/mol. The summed E-state index contributed by atoms with van der Waals surface area (Å²) in [6.45, 7) is 18.7. The summed E-state index contributed by atoms with van der Waals surface area (Å²) in [4.78, 5) is 28.4. The Balaban J connectivity index is 0.00000191. The Morgan fingerprint density at radius 2 is 1.48 bits per heavy atom. The van der Waals surface area contributed by atoms with Gasteiger partial charge in [0, 0.05) is 43.7 Å². The number of hydrogen-bond acceptors (Lipinski definition) is 3. The fourth-order valence-corrected chi connectivity index (χ4v) is 5.14. The van der Waals surface area contributed by atoms with Gasteiger partial charge in [0.1, 0.15) is 5.78 Å². The maximum Gasteiger partial charge on any atom is 0.270 e. The van der Waals surface area contributed by atoms with Gasteiger partial charge in [-0.3, -0.25) is 14.5 Å². The molecule has 0 saturated carbocycles. The van der Waals surface area contributed by atoms with Crippen LogP contribution >= 0.6 is 23.2 Å². The molecule has 2 aromatic carbocycles. The molecule has 0 radical (unpaired) electrons. The van der Waals surface area contributed by atoms with Crippen molar-refractivity contribution in [3.8, 4) is 0 Å². The van der Waals surface area contributed by atoms with Gasteiger partial charge in [-0.1, -0.05) is 62.5 Å². The van der Waals surface area contributed by atoms with E-state index < -0.39 is 5.92 Å². The third-order valence-corrected chi connectivity index (χ3v) is 7.25. The Hall–Kier alpha value is -2.28. The number of alkyl halides is 2. The first-order chi connectivity index (χ1) is 18.8. The molecule has 8 heteroatoms. The van der Waals surface area contributed by atoms with E-state index >= 15 is 0 Å². The molecule has 222 valence electrons. The predicted octanol–water partition coefficient (Wildman–Crippen LogP) is 8.77. The average molecular weight is 598 g/mol. The SMILES string of the molecule is CC.CC.CC(=O)CN1CCN(C(=O)c2ccc(Cl)c(C/C(C)=C/c3c(C)cc(C(C)(F)F)cc3C)c2Cl)CC1. The largest absolute Gasteiger partial charge is 0.336 e. The fourth-order valence-electron chi connectivity index (χ4n) is 4.55. The number of ketones is 1. The second kappa shape index (κ2) is 16.2. The molecule has 1 aliphatic rings. The molecule has 4 nitrogen and oxygen atoms in total. The number of Topliss-reactive ketones (excluding diaryl/α,β-unsaturated/α-hetero) is 1. The van der Waals surface area contributed by atoms with Crippen molar-refractivity contribution < 1.29 is 18.4 Å². The van der Waals surface area contributed by atoms with Gasteiger partial charge in [0.25, 0.3) is 11.8 Å². The first kappa shape index (κ1) is 35.7. The first-order valence-electron chi connectivity index (χ1n) is 13.9. The van der Waals surface area contributed by atoms with Crippen molar-refractivity contribution in [3.05, 3.63) is 73.3 Å². The first-order valence-corrected chi connectivity index (χ1v) is 14.7. The monoisotopic (exact) mass is 596 g/mol. The van der Waals surface area contributed by atoms with E-state index in [4.69, 9.17) is 23.2 Å². The number of carbonyl (C=O) groups excluding carboxylic acids is 2. The number of halogens is 4. The fraction of sp³-hybridized carbons (Fsp3) is 0.500. The van der Waals surface area contributed by atoms with Crippen LogP contribution in [-0.2, 0) is 17.1 Å². The van der Waals surface area contributed by atoms with E-state index in [9.17, 15) is 18.4 Å². The molecule has 0 unspecified atom stereocenters. The van der Waals surface area contributed by atoms with Crippen molar-refractivity contribution in [2.45, 2.75) is 74.7 Å². The summed E-state index contributed by atoms with van der Waals surface area (Å²) < 4.78 is 27.6. The lowest BCUT2D eigenvalue weighted by molar-refractivity contribution is -0.118. The van der Waals surface area contributed by atoms with Gasteiger partial charge in [0.15, 0.2) is 0 Å². The topological polar surface area (TPSA) is 40.6 Å². The Morgan fingerprint density at radius 3 is 1.95 bits per heavy atom. The van der Waals surface area contributed by atoms with Gasteiger partial charge in [0.05, 0.1) is 17.1 Å². The maximum absolute atomic E-state index is 13.8. The second-order valence-electron chi connectivity index (χ2n) is 9.74. The van der Waals surface area contributed by atoms with Crippen molar-refractivity contribution in [1.82, 2.24) is 9.80 Å². The molecule has 0 atom stereocenters. The Kier molecular flexibility index (Phi) is 14.5. The van der Waals surface area contributed by atoms with Gasteiger partial charge in [-0.2, -0.15) is 0 Å². The standard InChI is InChI=1S/C28H32Cl2F2N2O2.2C2H6/c1-17(12-23-18(2)14-21(15-19(23)3)28(5,31)32)13-24-25(29)7-6-22(26(24)30)27(36)34-10-8-33(9-11-34)16-20(4)35;2*1-2/h6-7,12,14-15H,8-11,13,16H2,1-5H3;2*1-2H3/b17-12+;;. The van der Waals surface area contributed by atoms with Crippen molar-refractivity contribution in [3.63, 3.8) is 0 Å². The summed E-state index contributed by atoms with van der Waals surface area (Å²) in [5, 5.41) is 0.783. The molecule has 1 aliphatic heterocycles. The highest BCUT2D eigenvalue weighted by Gasteiger charge is 2.27. The number of piperazine rings is 1. The van der Waals surface area contributed by atoms with E-state index in [1.54, 1.807) is 24.0 Å². The number of aryl methyl sites for hydroxylation is 2. The van der Waals surface area contributed by atoms with Gasteiger partial charge in [0.2, 0.25) is 0 Å². The number of allylic oxidation sites excluding steroid dienone is 1. The van der Waals surface area contributed by atoms with Crippen molar-refractivity contribution >= 4 is 41.0 Å². The van der Waals surface area contributed by atoms with Gasteiger partial charge in [-0.15, -0.1) is 0 Å². The Morgan fingerprint density at radius 1 is 0.950 bits per heavy atom. The molecular formula is C32H44Cl2F2N2O2. The van der Waals surface area contributed by atoms with Crippen LogP contribution in [0.5, 0.6) is 0 Å². The molecule has 0 aliphatic carbocycles. The highest BCUT2D eigenvalue weighted by molar-refractivity contribution is 6.38. The zero-order valence-corrected chi connectivity index (χ0v) is 26.9. The summed E-state index contributed by atoms with van der Waals surface area (Å²) >= 11 is 13.2. The predicted molar refractivity (Wildman–Crippen MR) is 165 cm³/mol. The van der Waals surface area contributed by atoms with Crippen molar-refractivity contribution in [2.24, 2.45) is 0 Å². The lowest BCUT2D eigenvalue weighted by atomic mass is 9.94. The van der Waals surface area contributed by atoms with E-state index in [2.05, 4.69) is 0 Å². The van der Waals surface area contributed by atoms with Crippen LogP contribution in [0.1, 0.15) is 86.6 Å². The molecule has 1 amide bonds. The molecule has 3 rings (SSSR count). The quantitative estimate of drug-likeness (QED) is 0.320. The maximum atomic E-state index is 13.8. The third-order valence-electron chi connectivity index (χ3n) is 6.47. The molecule has 0 aromatic heterocycles. The molecule has 0 spiro atoms. The minimum atomic E-state index is -2.90. The number of nitrogens with zero attached hydrogens (tertiary/aromatic N) is 2. The van der Waals surface area contributed by atoms with Crippen LogP contribution < -0.4 is 0 Å². The van der Waals surface area contributed by atoms with E-state index in [0.717, 1.165) is 29.2 Å². The number of amides is 1. The summed E-state index contributed by atoms with van der Waals surface area (Å²) in [7, 11) is 0. The van der Waals surface area contributed by atoms with Crippen LogP contribution in [0.2, 0.25) is 10.0 Å². The molecule has 0 bridgehead atoms. The molecule has 40 heavy (non-hydrogen) atoms. The lowest BCUT2D eigenvalue weighted by Crippen LogP contribution is -2.49. The highest BCUT2D eigenvalue weighted by atomic mass is 35.5. The minimum absolute atomic E-state index is 0.00766. The van der Waals surface area contributed by atoms with Crippen LogP contribution in [0.15, 0.2) is 29.8 Å². The van der Waals surface area contributed by atoms with Gasteiger partial charge < -0.3 is 4.90 Å². The van der Waals surface area contributed by atoms with Gasteiger partial charge in [-0.25, -0.2) is 8.78 Å². The minimum Gasteiger partial charge on any atom is -0.336 e. The average Bonchev–Trinajstić information content (AvgIpc) is 2.90. The third kappa shape index (κ3) is 9.67. The van der Waals surface area contributed by atoms with Crippen molar-refractivity contribution in [1.29, 1.82) is 0 Å². The number of carbonyl (C=O) groups is 2. The van der Waals surface area contributed by atoms with Crippen LogP contribution in [0.3, 0.4) is 0 Å². The van der Waals surface area contributed by atoms with Crippen LogP contribution in [-0.4, -0.2) is 54.2 Å². The normalized spacial score (nSPS) is 14.1. The van der Waals surface area contributed by atoms with Crippen LogP contribution in [0.25, 0.3) is 6.08 Å². The molecule has 2 aromatic rings. The molecule has 0 N–H and O–H groups in total. The lowest BCUT2D eigenvalue weighted by Gasteiger charge is -2.34. The summed E-state index contributed by atoms with van der Waals surface area (Å²) in [6, 6.07) is 6.36. The van der Waals surface area contributed by atoms with Gasteiger partial charge in [-0.05, 0) is 80.6 Å². The molecule has 1 saturated heterocycles. The molecule has 1 heterocycles. The van der Waals surface area contributed by atoms with Crippen molar-refractivity contribution in [2.75, 3.05) is 32.7 Å². The molecule has 1 fully saturated rings. The summed E-state index contributed by atoms with van der Waals surface area (Å²) in [5.74, 6) is -2.96. The summed E-state index contributed by atoms with van der Waals surface area (Å²) in [6.07, 6.45) is 2.37. The summed E-state index contributed by atoms with van der Waals surface area (Å²) in [5.41, 5.74) is 4.37. The van der Waals surface area contributed by atoms with Crippen LogP contribution in [0.4, 0.5) is 8.78 Å². The van der Waals surface area contributed by atoms with E-state index in [-0.39, 0.29) is 17.3 Å². The highest BCUT2D eigenvalue weighted by Crippen LogP contribution is 2.34. The Bertz CT molecular complexity index is 1180. The zero-order chi connectivity index (χ0) is 30.8. The smallest absolute Gasteiger partial charge is 0.270 e. The zero-order valence-electron chi connectivity index (χ0n) is 25.4. The Labute approximate surface area is 249 Å². The van der Waals surface area contributed by atoms with E-state index in [1.807, 2.05) is 59.4 Å². The number of rotatable bonds is 7. The second-order valence-corrected chi connectivity index (χ2v) is 10.5. The van der Waals surface area contributed by atoms with E-state index in [0.29, 0.717) is 60.3 Å². The van der Waals surface area contributed by atoms with Crippen LogP contribution in [0, 0.1) is 13.8 Å². The van der Waals surface area contributed by atoms with Gasteiger partial charge >= 0.3 is 0 Å². The number of hydrogen-bond donors (Lipinski definition) is 0. The number of benzene rings is 2.